The molecule has 3 heteroatoms. The monoisotopic (exact) mass is 227 g/mol. The van der Waals surface area contributed by atoms with E-state index in [9.17, 15) is 5.11 Å². The summed E-state index contributed by atoms with van der Waals surface area (Å²) in [5.74, 6) is 0.759. The van der Waals surface area contributed by atoms with Crippen molar-refractivity contribution in [3.8, 4) is 0 Å². The smallest absolute Gasteiger partial charge is 0.0717 e. The Labute approximate surface area is 98.4 Å². The normalized spacial score (nSPS) is 39.6. The minimum Gasteiger partial charge on any atom is -0.389 e. The largest absolute Gasteiger partial charge is 0.389 e. The van der Waals surface area contributed by atoms with E-state index in [1.165, 1.54) is 0 Å². The number of aliphatic hydroxyl groups is 1. The molecular weight excluding hydrogens is 202 g/mol. The van der Waals surface area contributed by atoms with Crippen LogP contribution in [-0.2, 0) is 4.74 Å². The zero-order valence-electron chi connectivity index (χ0n) is 10.4. The lowest BCUT2D eigenvalue weighted by atomic mass is 9.60. The third-order valence-corrected chi connectivity index (χ3v) is 4.93. The van der Waals surface area contributed by atoms with Crippen LogP contribution in [-0.4, -0.2) is 30.5 Å². The Hall–Kier alpha value is -0.120. The van der Waals surface area contributed by atoms with Crippen LogP contribution in [0.3, 0.4) is 0 Å². The van der Waals surface area contributed by atoms with Gasteiger partial charge in [0.2, 0.25) is 0 Å². The molecule has 2 rings (SSSR count). The molecule has 0 spiro atoms. The van der Waals surface area contributed by atoms with E-state index in [0.717, 1.165) is 57.7 Å². The van der Waals surface area contributed by atoms with Crippen molar-refractivity contribution in [3.05, 3.63) is 0 Å². The molecule has 0 radical (unpaired) electrons. The molecule has 1 aliphatic carbocycles. The Morgan fingerprint density at radius 2 is 1.75 bits per heavy atom. The highest BCUT2D eigenvalue weighted by atomic mass is 16.5. The lowest BCUT2D eigenvalue weighted by Crippen LogP contribution is -2.56. The van der Waals surface area contributed by atoms with Crippen molar-refractivity contribution in [1.82, 2.24) is 0 Å². The van der Waals surface area contributed by atoms with Gasteiger partial charge in [-0.3, -0.25) is 0 Å². The highest BCUT2D eigenvalue weighted by Crippen LogP contribution is 2.48. The van der Waals surface area contributed by atoms with E-state index in [4.69, 9.17) is 10.5 Å². The average Bonchev–Trinajstić information content (AvgIpc) is 2.34. The van der Waals surface area contributed by atoms with Crippen LogP contribution in [0.25, 0.3) is 0 Å². The number of nitrogens with two attached hydrogens (primary N) is 1. The first kappa shape index (κ1) is 12.3. The fourth-order valence-corrected chi connectivity index (χ4v) is 3.39. The summed E-state index contributed by atoms with van der Waals surface area (Å²) in [6.45, 7) is 4.39. The lowest BCUT2D eigenvalue weighted by molar-refractivity contribution is -0.150. The van der Waals surface area contributed by atoms with Crippen LogP contribution in [0.2, 0.25) is 0 Å². The van der Waals surface area contributed by atoms with E-state index >= 15 is 0 Å². The summed E-state index contributed by atoms with van der Waals surface area (Å²) in [5.41, 5.74) is 5.37. The second-order valence-corrected chi connectivity index (χ2v) is 5.81. The summed E-state index contributed by atoms with van der Waals surface area (Å²) in [6.07, 6.45) is 5.97. The fourth-order valence-electron chi connectivity index (χ4n) is 3.39. The lowest BCUT2D eigenvalue weighted by Gasteiger charge is -2.51. The summed E-state index contributed by atoms with van der Waals surface area (Å²) < 4.78 is 5.42. The topological polar surface area (TPSA) is 55.5 Å². The van der Waals surface area contributed by atoms with Gasteiger partial charge in [0.05, 0.1) is 5.60 Å². The van der Waals surface area contributed by atoms with Gasteiger partial charge in [-0.25, -0.2) is 0 Å². The molecule has 0 aromatic heterocycles. The number of hydrogen-bond acceptors (Lipinski definition) is 3. The predicted molar refractivity (Wildman–Crippen MR) is 64.1 cm³/mol. The molecule has 94 valence electrons. The van der Waals surface area contributed by atoms with Crippen molar-refractivity contribution in [2.75, 3.05) is 19.8 Å². The fraction of sp³-hybridized carbons (Fsp3) is 1.00. The van der Waals surface area contributed by atoms with Gasteiger partial charge in [-0.2, -0.15) is 0 Å². The standard InChI is InChI=1S/C13H25NO2/c1-11-2-4-13(15,5-3-11)12(10-14)6-8-16-9-7-12/h11,15H,2-10,14H2,1H3. The van der Waals surface area contributed by atoms with Crippen molar-refractivity contribution in [3.63, 3.8) is 0 Å². The second kappa shape index (κ2) is 4.63. The summed E-state index contributed by atoms with van der Waals surface area (Å²) in [5, 5.41) is 10.9. The highest BCUT2D eigenvalue weighted by molar-refractivity contribution is 5.02. The summed E-state index contributed by atoms with van der Waals surface area (Å²) >= 11 is 0. The number of ether oxygens (including phenoxy) is 1. The number of hydrogen-bond donors (Lipinski definition) is 2. The molecule has 1 saturated heterocycles. The van der Waals surface area contributed by atoms with E-state index in [1.807, 2.05) is 0 Å². The van der Waals surface area contributed by atoms with Crippen LogP contribution in [0.5, 0.6) is 0 Å². The van der Waals surface area contributed by atoms with Crippen LogP contribution in [0.1, 0.15) is 45.4 Å². The Balaban J connectivity index is 2.12. The van der Waals surface area contributed by atoms with Gasteiger partial charge in [-0.15, -0.1) is 0 Å². The minimum atomic E-state index is -0.530. The van der Waals surface area contributed by atoms with Crippen molar-refractivity contribution >= 4 is 0 Å². The predicted octanol–water partition coefficient (Wildman–Crippen LogP) is 1.68. The second-order valence-electron chi connectivity index (χ2n) is 5.81. The van der Waals surface area contributed by atoms with E-state index in [-0.39, 0.29) is 5.41 Å². The molecule has 1 saturated carbocycles. The maximum absolute atomic E-state index is 10.9. The van der Waals surface area contributed by atoms with Crippen LogP contribution < -0.4 is 5.73 Å². The number of rotatable bonds is 2. The maximum atomic E-state index is 10.9. The summed E-state index contributed by atoms with van der Waals surface area (Å²) in [4.78, 5) is 0. The Morgan fingerprint density at radius 3 is 2.25 bits per heavy atom. The van der Waals surface area contributed by atoms with E-state index in [2.05, 4.69) is 6.92 Å². The maximum Gasteiger partial charge on any atom is 0.0717 e. The van der Waals surface area contributed by atoms with Crippen molar-refractivity contribution in [2.24, 2.45) is 17.1 Å². The minimum absolute atomic E-state index is 0.0780. The first-order chi connectivity index (χ1) is 7.62. The Morgan fingerprint density at radius 1 is 1.19 bits per heavy atom. The van der Waals surface area contributed by atoms with E-state index in [1.54, 1.807) is 0 Å². The van der Waals surface area contributed by atoms with Gasteiger partial charge in [-0.05, 0) is 44.4 Å². The van der Waals surface area contributed by atoms with Gasteiger partial charge in [0.25, 0.3) is 0 Å². The third kappa shape index (κ3) is 2.01. The van der Waals surface area contributed by atoms with Crippen LogP contribution in [0.4, 0.5) is 0 Å². The molecule has 1 heterocycles. The van der Waals surface area contributed by atoms with Gasteiger partial charge in [0, 0.05) is 25.2 Å². The molecule has 0 atom stereocenters. The molecule has 3 nitrogen and oxygen atoms in total. The zero-order valence-corrected chi connectivity index (χ0v) is 10.4. The first-order valence-corrected chi connectivity index (χ1v) is 6.62. The molecule has 0 bridgehead atoms. The van der Waals surface area contributed by atoms with Crippen molar-refractivity contribution in [1.29, 1.82) is 0 Å². The molecule has 2 fully saturated rings. The van der Waals surface area contributed by atoms with Crippen LogP contribution in [0, 0.1) is 11.3 Å². The molecule has 2 aliphatic rings. The molecule has 16 heavy (non-hydrogen) atoms. The average molecular weight is 227 g/mol. The van der Waals surface area contributed by atoms with Gasteiger partial charge in [0.15, 0.2) is 0 Å². The highest BCUT2D eigenvalue weighted by Gasteiger charge is 2.50. The van der Waals surface area contributed by atoms with Crippen molar-refractivity contribution < 1.29 is 9.84 Å². The zero-order chi connectivity index (χ0) is 11.6. The van der Waals surface area contributed by atoms with Gasteiger partial charge >= 0.3 is 0 Å². The quantitative estimate of drug-likeness (QED) is 0.754. The summed E-state index contributed by atoms with van der Waals surface area (Å²) in [6, 6.07) is 0. The SMILES string of the molecule is CC1CCC(O)(C2(CN)CCOCC2)CC1. The molecule has 0 unspecified atom stereocenters. The molecular formula is C13H25NO2. The van der Waals surface area contributed by atoms with E-state index < -0.39 is 5.60 Å². The van der Waals surface area contributed by atoms with Gasteiger partial charge in [-0.1, -0.05) is 6.92 Å². The Bertz CT molecular complexity index is 228. The van der Waals surface area contributed by atoms with Crippen LogP contribution in [0.15, 0.2) is 0 Å². The van der Waals surface area contributed by atoms with Crippen molar-refractivity contribution in [2.45, 2.75) is 51.0 Å². The van der Waals surface area contributed by atoms with Gasteiger partial charge < -0.3 is 15.6 Å². The Kier molecular flexibility index (Phi) is 3.57. The first-order valence-electron chi connectivity index (χ1n) is 6.62. The van der Waals surface area contributed by atoms with Gasteiger partial charge in [0.1, 0.15) is 0 Å². The molecule has 1 aliphatic heterocycles. The molecule has 3 N–H and O–H groups in total. The molecule has 0 aromatic rings. The van der Waals surface area contributed by atoms with Crippen LogP contribution >= 0.6 is 0 Å². The van der Waals surface area contributed by atoms with E-state index in [0.29, 0.717) is 6.54 Å². The third-order valence-electron chi connectivity index (χ3n) is 4.93. The molecule has 0 amide bonds. The summed E-state index contributed by atoms with van der Waals surface area (Å²) in [7, 11) is 0. The molecule has 0 aromatic carbocycles.